The van der Waals surface area contributed by atoms with Crippen LogP contribution in [0.3, 0.4) is 0 Å². The summed E-state index contributed by atoms with van der Waals surface area (Å²) in [6.07, 6.45) is 0. The van der Waals surface area contributed by atoms with Crippen LogP contribution in [0.5, 0.6) is 0 Å². The minimum Gasteiger partial charge on any atom is -1.00 e. The van der Waals surface area contributed by atoms with Gasteiger partial charge >= 0.3 is 0 Å². The van der Waals surface area contributed by atoms with Gasteiger partial charge in [0.05, 0.1) is 0 Å². The third-order valence-corrected chi connectivity index (χ3v) is 11.4. The number of hydrogen-bond acceptors (Lipinski definition) is 0. The monoisotopic (exact) mass is 512 g/mol. The second-order valence-corrected chi connectivity index (χ2v) is 13.0. The second kappa shape index (κ2) is 8.58. The lowest BCUT2D eigenvalue weighted by molar-refractivity contribution is -0.00000400. The fraction of sp³-hybridized carbons (Fsp3) is 0.0526. The van der Waals surface area contributed by atoms with E-state index in [0.29, 0.717) is 0 Å². The SMILES string of the molecule is BrC(Br)[P+](c1ccccc1)(c1ccccc1)c1ccccc1.[Br-]. The van der Waals surface area contributed by atoms with Crippen LogP contribution in [0, 0.1) is 0 Å². The van der Waals surface area contributed by atoms with Crippen molar-refractivity contribution in [3.63, 3.8) is 0 Å². The van der Waals surface area contributed by atoms with Crippen molar-refractivity contribution in [1.82, 2.24) is 0 Å². The zero-order chi connectivity index (χ0) is 15.4. The third kappa shape index (κ3) is 3.64. The number of alkyl halides is 2. The first-order chi connectivity index (χ1) is 10.8. The van der Waals surface area contributed by atoms with Crippen molar-refractivity contribution in [2.24, 2.45) is 0 Å². The van der Waals surface area contributed by atoms with E-state index in [0.717, 1.165) is 0 Å². The summed E-state index contributed by atoms with van der Waals surface area (Å²) in [5.74, 6) is 0. The molecule has 0 unspecified atom stereocenters. The van der Waals surface area contributed by atoms with Crippen molar-refractivity contribution in [1.29, 1.82) is 0 Å². The van der Waals surface area contributed by atoms with E-state index in [9.17, 15) is 0 Å². The van der Waals surface area contributed by atoms with Gasteiger partial charge in [-0.2, -0.15) is 0 Å². The maximum Gasteiger partial charge on any atom is 0.190 e. The number of hydrogen-bond donors (Lipinski definition) is 0. The Kier molecular flexibility index (Phi) is 7.03. The molecule has 0 atom stereocenters. The molecule has 0 aliphatic carbocycles. The summed E-state index contributed by atoms with van der Waals surface area (Å²) in [5.41, 5.74) is 0. The van der Waals surface area contributed by atoms with Crippen molar-refractivity contribution in [2.45, 2.75) is 3.48 Å². The summed E-state index contributed by atoms with van der Waals surface area (Å²) >= 11 is 7.75. The molecule has 0 saturated heterocycles. The molecule has 0 saturated carbocycles. The van der Waals surface area contributed by atoms with Crippen LogP contribution in [-0.2, 0) is 0 Å². The Morgan fingerprint density at radius 3 is 1.00 bits per heavy atom. The topological polar surface area (TPSA) is 0 Å². The highest BCUT2D eigenvalue weighted by Gasteiger charge is 2.50. The van der Waals surface area contributed by atoms with Crippen LogP contribution >= 0.6 is 39.1 Å². The Hall–Kier alpha value is -0.470. The molecule has 23 heavy (non-hydrogen) atoms. The lowest BCUT2D eigenvalue weighted by atomic mass is 10.4. The van der Waals surface area contributed by atoms with Crippen LogP contribution in [0.1, 0.15) is 0 Å². The van der Waals surface area contributed by atoms with Crippen LogP contribution in [0.25, 0.3) is 0 Å². The molecule has 0 N–H and O–H groups in total. The third-order valence-electron chi connectivity index (χ3n) is 3.78. The Balaban J connectivity index is 0.00000192. The van der Waals surface area contributed by atoms with Gasteiger partial charge < -0.3 is 17.0 Å². The van der Waals surface area contributed by atoms with Gasteiger partial charge in [-0.15, -0.1) is 0 Å². The van der Waals surface area contributed by atoms with E-state index < -0.39 is 7.26 Å². The molecule has 0 fully saturated rings. The molecular formula is C19H16Br3P. The highest BCUT2D eigenvalue weighted by Crippen LogP contribution is 2.63. The van der Waals surface area contributed by atoms with Gasteiger partial charge in [-0.25, -0.2) is 0 Å². The smallest absolute Gasteiger partial charge is 0.190 e. The van der Waals surface area contributed by atoms with Crippen LogP contribution in [0.2, 0.25) is 0 Å². The molecular weight excluding hydrogens is 499 g/mol. The van der Waals surface area contributed by atoms with Gasteiger partial charge in [-0.3, -0.25) is 0 Å². The highest BCUT2D eigenvalue weighted by atomic mass is 79.9. The molecule has 0 spiro atoms. The first-order valence-corrected chi connectivity index (χ1v) is 10.8. The van der Waals surface area contributed by atoms with E-state index in [2.05, 4.69) is 123 Å². The Bertz CT molecular complexity index is 619. The average molecular weight is 515 g/mol. The lowest BCUT2D eigenvalue weighted by Crippen LogP contribution is -3.00. The molecule has 0 heterocycles. The molecule has 118 valence electrons. The summed E-state index contributed by atoms with van der Waals surface area (Å²) in [6.45, 7) is 0. The highest BCUT2D eigenvalue weighted by molar-refractivity contribution is 9.26. The Labute approximate surface area is 165 Å². The number of benzene rings is 3. The van der Waals surface area contributed by atoms with E-state index >= 15 is 0 Å². The van der Waals surface area contributed by atoms with E-state index in [-0.39, 0.29) is 20.5 Å². The van der Waals surface area contributed by atoms with Crippen LogP contribution < -0.4 is 32.9 Å². The first kappa shape index (κ1) is 18.9. The number of rotatable bonds is 4. The van der Waals surface area contributed by atoms with Gasteiger partial charge in [0.1, 0.15) is 23.2 Å². The Morgan fingerprint density at radius 1 is 0.522 bits per heavy atom. The minimum atomic E-state index is -1.79. The van der Waals surface area contributed by atoms with Crippen molar-refractivity contribution in [3.8, 4) is 0 Å². The molecule has 3 rings (SSSR count). The predicted molar refractivity (Wildman–Crippen MR) is 107 cm³/mol. The summed E-state index contributed by atoms with van der Waals surface area (Å²) in [5, 5.41) is 4.10. The van der Waals surface area contributed by atoms with E-state index in [1.807, 2.05) is 0 Å². The molecule has 0 bridgehead atoms. The zero-order valence-corrected chi connectivity index (χ0v) is 18.0. The quantitative estimate of drug-likeness (QED) is 0.369. The normalized spacial score (nSPS) is 11.1. The van der Waals surface area contributed by atoms with E-state index in [4.69, 9.17) is 0 Å². The van der Waals surface area contributed by atoms with Crippen LogP contribution in [0.15, 0.2) is 91.0 Å². The Morgan fingerprint density at radius 2 is 0.783 bits per heavy atom. The molecule has 0 aliphatic rings. The fourth-order valence-corrected chi connectivity index (χ4v) is 10.5. The molecule has 3 aromatic carbocycles. The van der Waals surface area contributed by atoms with Gasteiger partial charge in [-0.05, 0) is 68.3 Å². The summed E-state index contributed by atoms with van der Waals surface area (Å²) in [6, 6.07) is 32.4. The van der Waals surface area contributed by atoms with Crippen LogP contribution in [-0.4, -0.2) is 3.48 Å². The summed E-state index contributed by atoms with van der Waals surface area (Å²) < 4.78 is 0.180. The molecule has 0 aliphatic heterocycles. The molecule has 0 nitrogen and oxygen atoms in total. The summed E-state index contributed by atoms with van der Waals surface area (Å²) in [4.78, 5) is 0. The van der Waals surface area contributed by atoms with Gasteiger partial charge in [0.15, 0.2) is 3.48 Å². The molecule has 4 heteroatoms. The fourth-order valence-electron chi connectivity index (χ4n) is 2.77. The van der Waals surface area contributed by atoms with E-state index in [1.54, 1.807) is 0 Å². The largest absolute Gasteiger partial charge is 1.00 e. The molecule has 0 aromatic heterocycles. The van der Waals surface area contributed by atoms with Gasteiger partial charge in [-0.1, -0.05) is 54.6 Å². The van der Waals surface area contributed by atoms with Gasteiger partial charge in [0.25, 0.3) is 0 Å². The van der Waals surface area contributed by atoms with Crippen molar-refractivity contribution in [3.05, 3.63) is 91.0 Å². The maximum atomic E-state index is 3.87. The first-order valence-electron chi connectivity index (χ1n) is 7.10. The minimum absolute atomic E-state index is 0. The van der Waals surface area contributed by atoms with E-state index in [1.165, 1.54) is 15.9 Å². The van der Waals surface area contributed by atoms with Crippen molar-refractivity contribution < 1.29 is 17.0 Å². The van der Waals surface area contributed by atoms with Gasteiger partial charge in [0.2, 0.25) is 0 Å². The van der Waals surface area contributed by atoms with Crippen molar-refractivity contribution >= 4 is 55.0 Å². The lowest BCUT2D eigenvalue weighted by Gasteiger charge is -2.28. The average Bonchev–Trinajstić information content (AvgIpc) is 2.58. The van der Waals surface area contributed by atoms with Crippen molar-refractivity contribution in [2.75, 3.05) is 0 Å². The van der Waals surface area contributed by atoms with Crippen LogP contribution in [0.4, 0.5) is 0 Å². The van der Waals surface area contributed by atoms with Gasteiger partial charge in [0, 0.05) is 0 Å². The summed E-state index contributed by atoms with van der Waals surface area (Å²) in [7, 11) is -1.79. The molecule has 0 radical (unpaired) electrons. The second-order valence-electron chi connectivity index (χ2n) is 5.01. The molecule has 3 aromatic rings. The molecule has 0 amide bonds. The standard InChI is InChI=1S/C19H16Br2P.BrH/c20-19(21)22(16-10-4-1-5-11-16,17-12-6-2-7-13-17)18-14-8-3-9-15-18;/h1-15,19H;1H/q+1;/p-1. The predicted octanol–water partition coefficient (Wildman–Crippen LogP) is 2.06. The zero-order valence-electron chi connectivity index (χ0n) is 12.3. The maximum absolute atomic E-state index is 3.87. The number of halogens is 3.